The van der Waals surface area contributed by atoms with Crippen molar-refractivity contribution >= 4 is 23.2 Å². The molecule has 3 rings (SSSR count). The lowest BCUT2D eigenvalue weighted by Crippen LogP contribution is -2.45. The fourth-order valence-electron chi connectivity index (χ4n) is 3.31. The van der Waals surface area contributed by atoms with E-state index in [0.717, 1.165) is 16.9 Å². The van der Waals surface area contributed by atoms with Crippen molar-refractivity contribution in [3.05, 3.63) is 57.8 Å². The van der Waals surface area contributed by atoms with Gasteiger partial charge in [-0.05, 0) is 29.5 Å². The number of nitrogens with one attached hydrogen (secondary N) is 1. The number of carbonyl (C=O) groups is 2. The molecule has 1 aliphatic heterocycles. The van der Waals surface area contributed by atoms with Gasteiger partial charge in [0.05, 0.1) is 12.0 Å². The van der Waals surface area contributed by atoms with Gasteiger partial charge in [0.25, 0.3) is 5.91 Å². The number of methoxy groups -OCH3 is 1. The molecule has 5 nitrogen and oxygen atoms in total. The van der Waals surface area contributed by atoms with Gasteiger partial charge in [0.15, 0.2) is 0 Å². The van der Waals surface area contributed by atoms with Crippen molar-refractivity contribution in [3.63, 3.8) is 0 Å². The van der Waals surface area contributed by atoms with Gasteiger partial charge in [0.2, 0.25) is 5.91 Å². The van der Waals surface area contributed by atoms with E-state index in [-0.39, 0.29) is 17.9 Å². The highest BCUT2D eigenvalue weighted by Gasteiger charge is 2.42. The summed E-state index contributed by atoms with van der Waals surface area (Å²) in [6.07, 6.45) is 0.759. The smallest absolute Gasteiger partial charge is 0.254 e. The number of carbonyl (C=O) groups excluding carboxylic acids is 2. The van der Waals surface area contributed by atoms with Crippen LogP contribution in [0.5, 0.6) is 0 Å². The van der Waals surface area contributed by atoms with Crippen LogP contribution in [-0.2, 0) is 9.53 Å². The number of hydrogen-bond acceptors (Lipinski definition) is 4. The maximum absolute atomic E-state index is 13.0. The number of amides is 2. The second kappa shape index (κ2) is 7.80. The van der Waals surface area contributed by atoms with Crippen LogP contribution in [0.1, 0.15) is 39.2 Å². The van der Waals surface area contributed by atoms with Gasteiger partial charge in [-0.1, -0.05) is 24.3 Å². The Morgan fingerprint density at radius 2 is 2.08 bits per heavy atom. The number of fused-ring (bicyclic) bond motifs is 1. The molecule has 2 aromatic rings. The molecular weight excluding hydrogens is 336 g/mol. The fraction of sp³-hybridized carbons (Fsp3) is 0.368. The third-order valence-corrected chi connectivity index (χ3v) is 5.46. The first kappa shape index (κ1) is 17.6. The topological polar surface area (TPSA) is 58.6 Å². The van der Waals surface area contributed by atoms with Crippen LogP contribution in [0.25, 0.3) is 0 Å². The first-order valence-corrected chi connectivity index (χ1v) is 9.19. The van der Waals surface area contributed by atoms with Crippen LogP contribution in [0.2, 0.25) is 0 Å². The Morgan fingerprint density at radius 1 is 1.28 bits per heavy atom. The van der Waals surface area contributed by atoms with E-state index in [0.29, 0.717) is 18.7 Å². The minimum absolute atomic E-state index is 0.0440. The van der Waals surface area contributed by atoms with Crippen molar-refractivity contribution in [3.8, 4) is 0 Å². The summed E-state index contributed by atoms with van der Waals surface area (Å²) >= 11 is 1.57. The molecule has 0 saturated heterocycles. The Labute approximate surface area is 151 Å². The fourth-order valence-corrected chi connectivity index (χ4v) is 4.22. The third-order valence-electron chi connectivity index (χ3n) is 4.52. The zero-order chi connectivity index (χ0) is 17.8. The SMILES string of the molecule is COCCCNC(=O)[C@@H]1c2ccccc2C(=O)N(C)[C@H]1c1cccs1. The Morgan fingerprint density at radius 3 is 2.80 bits per heavy atom. The summed E-state index contributed by atoms with van der Waals surface area (Å²) in [5.41, 5.74) is 1.41. The van der Waals surface area contributed by atoms with Crippen LogP contribution >= 0.6 is 11.3 Å². The van der Waals surface area contributed by atoms with Crippen molar-refractivity contribution in [1.29, 1.82) is 0 Å². The summed E-state index contributed by atoms with van der Waals surface area (Å²) in [6, 6.07) is 11.1. The Balaban J connectivity index is 1.96. The second-order valence-corrected chi connectivity index (χ2v) is 7.06. The maximum atomic E-state index is 13.0. The Bertz CT molecular complexity index is 745. The first-order chi connectivity index (χ1) is 12.1. The molecule has 25 heavy (non-hydrogen) atoms. The van der Waals surface area contributed by atoms with Gasteiger partial charge in [-0.2, -0.15) is 0 Å². The first-order valence-electron chi connectivity index (χ1n) is 8.31. The predicted molar refractivity (Wildman–Crippen MR) is 97.8 cm³/mol. The zero-order valence-electron chi connectivity index (χ0n) is 14.4. The van der Waals surface area contributed by atoms with Gasteiger partial charge < -0.3 is 15.0 Å². The highest BCUT2D eigenvalue weighted by molar-refractivity contribution is 7.10. The summed E-state index contributed by atoms with van der Waals surface area (Å²) in [5.74, 6) is -0.515. The van der Waals surface area contributed by atoms with E-state index in [4.69, 9.17) is 4.74 Å². The quantitative estimate of drug-likeness (QED) is 0.808. The Hall–Kier alpha value is -2.18. The standard InChI is InChI=1S/C19H22N2O3S/c1-21-17(15-9-5-12-25-15)16(18(22)20-10-6-11-24-2)13-7-3-4-8-14(13)19(21)23/h3-5,7-9,12,16-17H,6,10-11H2,1-2H3,(H,20,22)/t16-,17+/m1/s1. The van der Waals surface area contributed by atoms with Gasteiger partial charge >= 0.3 is 0 Å². The lowest BCUT2D eigenvalue weighted by atomic mass is 9.81. The van der Waals surface area contributed by atoms with Crippen LogP contribution in [0.15, 0.2) is 41.8 Å². The molecule has 1 aromatic carbocycles. The lowest BCUT2D eigenvalue weighted by molar-refractivity contribution is -0.124. The molecule has 0 saturated carbocycles. The molecule has 2 heterocycles. The van der Waals surface area contributed by atoms with E-state index in [1.165, 1.54) is 0 Å². The van der Waals surface area contributed by atoms with Crippen LogP contribution in [0, 0.1) is 0 Å². The second-order valence-electron chi connectivity index (χ2n) is 6.08. The normalized spacial score (nSPS) is 19.6. The molecular formula is C19H22N2O3S. The molecule has 0 bridgehead atoms. The minimum Gasteiger partial charge on any atom is -0.385 e. The molecule has 1 aromatic heterocycles. The molecule has 0 unspecified atom stereocenters. The zero-order valence-corrected chi connectivity index (χ0v) is 15.2. The van der Waals surface area contributed by atoms with Crippen LogP contribution in [0.4, 0.5) is 0 Å². The average Bonchev–Trinajstić information content (AvgIpc) is 3.15. The van der Waals surface area contributed by atoms with Gasteiger partial charge in [0.1, 0.15) is 0 Å². The highest BCUT2D eigenvalue weighted by Crippen LogP contribution is 2.43. The molecule has 1 aliphatic rings. The largest absolute Gasteiger partial charge is 0.385 e. The number of likely N-dealkylation sites (N-methyl/N-ethyl adjacent to an activating group) is 1. The molecule has 0 spiro atoms. The van der Waals surface area contributed by atoms with Crippen molar-refractivity contribution in [1.82, 2.24) is 10.2 Å². The van der Waals surface area contributed by atoms with Gasteiger partial charge in [-0.3, -0.25) is 9.59 Å². The van der Waals surface area contributed by atoms with Crippen molar-refractivity contribution in [2.45, 2.75) is 18.4 Å². The van der Waals surface area contributed by atoms with E-state index in [1.54, 1.807) is 36.5 Å². The predicted octanol–water partition coefficient (Wildman–Crippen LogP) is 2.81. The number of nitrogens with zero attached hydrogens (tertiary/aromatic N) is 1. The summed E-state index contributed by atoms with van der Waals surface area (Å²) < 4.78 is 5.03. The van der Waals surface area contributed by atoms with Crippen molar-refractivity contribution < 1.29 is 14.3 Å². The van der Waals surface area contributed by atoms with Gasteiger partial charge in [0, 0.05) is 37.7 Å². The number of hydrogen-bond donors (Lipinski definition) is 1. The van der Waals surface area contributed by atoms with Crippen molar-refractivity contribution in [2.75, 3.05) is 27.3 Å². The summed E-state index contributed by atoms with van der Waals surface area (Å²) in [5, 5.41) is 4.98. The molecule has 0 radical (unpaired) electrons. The van der Waals surface area contributed by atoms with Gasteiger partial charge in [-0.15, -0.1) is 11.3 Å². The molecule has 2 atom stereocenters. The molecule has 2 amide bonds. The number of benzene rings is 1. The molecule has 6 heteroatoms. The summed E-state index contributed by atoms with van der Waals surface area (Å²) in [4.78, 5) is 28.5. The van der Waals surface area contributed by atoms with E-state index >= 15 is 0 Å². The average molecular weight is 358 g/mol. The number of rotatable bonds is 6. The van der Waals surface area contributed by atoms with E-state index < -0.39 is 5.92 Å². The van der Waals surface area contributed by atoms with Crippen LogP contribution < -0.4 is 5.32 Å². The summed E-state index contributed by atoms with van der Waals surface area (Å²) in [7, 11) is 3.42. The molecule has 0 fully saturated rings. The van der Waals surface area contributed by atoms with Gasteiger partial charge in [-0.25, -0.2) is 0 Å². The molecule has 0 aliphatic carbocycles. The lowest BCUT2D eigenvalue weighted by Gasteiger charge is -2.39. The van der Waals surface area contributed by atoms with Crippen molar-refractivity contribution in [2.24, 2.45) is 0 Å². The van der Waals surface area contributed by atoms with E-state index in [9.17, 15) is 9.59 Å². The number of ether oxygens (including phenoxy) is 1. The van der Waals surface area contributed by atoms with E-state index in [2.05, 4.69) is 5.32 Å². The molecule has 132 valence electrons. The third kappa shape index (κ3) is 3.45. The maximum Gasteiger partial charge on any atom is 0.254 e. The number of thiophene rings is 1. The van der Waals surface area contributed by atoms with Crippen LogP contribution in [0.3, 0.4) is 0 Å². The minimum atomic E-state index is -0.417. The Kier molecular flexibility index (Phi) is 5.50. The van der Waals surface area contributed by atoms with Crippen LogP contribution in [-0.4, -0.2) is 44.0 Å². The van der Waals surface area contributed by atoms with E-state index in [1.807, 2.05) is 35.7 Å². The highest BCUT2D eigenvalue weighted by atomic mass is 32.1. The summed E-state index contributed by atoms with van der Waals surface area (Å²) in [6.45, 7) is 1.16. The monoisotopic (exact) mass is 358 g/mol. The molecule has 1 N–H and O–H groups in total.